The van der Waals surface area contributed by atoms with Gasteiger partial charge in [-0.3, -0.25) is 13.9 Å². The highest BCUT2D eigenvalue weighted by atomic mass is 32.2. The van der Waals surface area contributed by atoms with Gasteiger partial charge in [0.05, 0.1) is 18.5 Å². The number of halogens is 1. The van der Waals surface area contributed by atoms with Crippen molar-refractivity contribution < 1.29 is 22.4 Å². The van der Waals surface area contributed by atoms with Crippen LogP contribution in [0.1, 0.15) is 31.8 Å². The summed E-state index contributed by atoms with van der Waals surface area (Å²) in [5.74, 6) is -1.43. The van der Waals surface area contributed by atoms with Crippen molar-refractivity contribution in [2.45, 2.75) is 13.5 Å². The van der Waals surface area contributed by atoms with E-state index < -0.39 is 27.7 Å². The van der Waals surface area contributed by atoms with Gasteiger partial charge >= 0.3 is 0 Å². The fraction of sp³-hybridized carbons (Fsp3) is 0.130. The van der Waals surface area contributed by atoms with Gasteiger partial charge in [-0.2, -0.15) is 0 Å². The number of amides is 2. The summed E-state index contributed by atoms with van der Waals surface area (Å²) in [6.45, 7) is 1.70. The average molecular weight is 456 g/mol. The van der Waals surface area contributed by atoms with Crippen LogP contribution in [0.2, 0.25) is 0 Å². The zero-order chi connectivity index (χ0) is 23.5. The normalized spacial score (nSPS) is 11.1. The molecule has 2 amide bonds. The van der Waals surface area contributed by atoms with Crippen LogP contribution in [-0.4, -0.2) is 26.5 Å². The van der Waals surface area contributed by atoms with E-state index in [4.69, 9.17) is 5.73 Å². The van der Waals surface area contributed by atoms with E-state index in [0.29, 0.717) is 33.6 Å². The van der Waals surface area contributed by atoms with Crippen molar-refractivity contribution in [3.63, 3.8) is 0 Å². The average Bonchev–Trinajstić information content (AvgIpc) is 2.74. The Bertz CT molecular complexity index is 1260. The Labute approximate surface area is 185 Å². The van der Waals surface area contributed by atoms with E-state index in [0.717, 1.165) is 6.26 Å². The lowest BCUT2D eigenvalue weighted by molar-refractivity contribution is 0.0995. The predicted molar refractivity (Wildman–Crippen MR) is 122 cm³/mol. The van der Waals surface area contributed by atoms with Gasteiger partial charge in [-0.1, -0.05) is 18.2 Å². The quantitative estimate of drug-likeness (QED) is 0.569. The molecule has 0 saturated heterocycles. The van der Waals surface area contributed by atoms with Crippen LogP contribution in [0.5, 0.6) is 0 Å². The maximum atomic E-state index is 13.2. The molecule has 0 fully saturated rings. The molecule has 0 aliphatic heterocycles. The van der Waals surface area contributed by atoms with E-state index in [1.54, 1.807) is 25.1 Å². The van der Waals surface area contributed by atoms with E-state index in [2.05, 4.69) is 5.32 Å². The first kappa shape index (κ1) is 23.0. The summed E-state index contributed by atoms with van der Waals surface area (Å²) in [5.41, 5.74) is 7.92. The van der Waals surface area contributed by atoms with Gasteiger partial charge < -0.3 is 11.1 Å². The highest BCUT2D eigenvalue weighted by Crippen LogP contribution is 2.23. The number of nitrogens with one attached hydrogen (secondary N) is 1. The molecule has 7 nitrogen and oxygen atoms in total. The Balaban J connectivity index is 1.82. The third-order valence-corrected chi connectivity index (χ3v) is 6.05. The summed E-state index contributed by atoms with van der Waals surface area (Å²) in [5, 5.41) is 2.73. The first-order chi connectivity index (χ1) is 15.1. The monoisotopic (exact) mass is 455 g/mol. The van der Waals surface area contributed by atoms with E-state index >= 15 is 0 Å². The smallest absolute Gasteiger partial charge is 0.255 e. The number of sulfonamides is 1. The molecule has 9 heteroatoms. The molecule has 0 aliphatic rings. The fourth-order valence-corrected chi connectivity index (χ4v) is 4.06. The second kappa shape index (κ2) is 9.19. The lowest BCUT2D eigenvalue weighted by Crippen LogP contribution is -2.29. The number of carbonyl (C=O) groups is 2. The van der Waals surface area contributed by atoms with Crippen LogP contribution in [0.25, 0.3) is 0 Å². The van der Waals surface area contributed by atoms with Crippen molar-refractivity contribution in [3.8, 4) is 0 Å². The summed E-state index contributed by atoms with van der Waals surface area (Å²) in [7, 11) is -3.63. The zero-order valence-corrected chi connectivity index (χ0v) is 18.3. The molecule has 0 spiro atoms. The number of primary amides is 1. The van der Waals surface area contributed by atoms with Gasteiger partial charge in [-0.15, -0.1) is 0 Å². The molecule has 0 heterocycles. The van der Waals surface area contributed by atoms with Gasteiger partial charge in [-0.05, 0) is 66.6 Å². The standard InChI is InChI=1S/C23H22FN3O4S/c1-15-20(22(25)28)4-3-5-21(15)26-23(29)17-8-12-19(13-9-17)27(32(2,30)31)14-16-6-10-18(24)11-7-16/h3-13H,14H2,1-2H3,(H2,25,28)(H,26,29). The second-order valence-electron chi connectivity index (χ2n) is 7.24. The number of rotatable bonds is 7. The van der Waals surface area contributed by atoms with Gasteiger partial charge in [0, 0.05) is 16.8 Å². The van der Waals surface area contributed by atoms with Gasteiger partial charge in [0.2, 0.25) is 15.9 Å². The molecule has 0 unspecified atom stereocenters. The molecule has 3 rings (SSSR count). The van der Waals surface area contributed by atoms with Crippen LogP contribution in [0.3, 0.4) is 0 Å². The van der Waals surface area contributed by atoms with Crippen LogP contribution in [0, 0.1) is 12.7 Å². The van der Waals surface area contributed by atoms with Crippen molar-refractivity contribution in [1.29, 1.82) is 0 Å². The minimum Gasteiger partial charge on any atom is -0.366 e. The molecule has 166 valence electrons. The van der Waals surface area contributed by atoms with E-state index in [1.165, 1.54) is 52.8 Å². The Kier molecular flexibility index (Phi) is 6.59. The summed E-state index contributed by atoms with van der Waals surface area (Å²) in [4.78, 5) is 24.2. The first-order valence-corrected chi connectivity index (χ1v) is 11.4. The maximum Gasteiger partial charge on any atom is 0.255 e. The zero-order valence-electron chi connectivity index (χ0n) is 17.5. The van der Waals surface area contributed by atoms with Crippen LogP contribution in [0.15, 0.2) is 66.7 Å². The number of benzene rings is 3. The molecular weight excluding hydrogens is 433 g/mol. The van der Waals surface area contributed by atoms with Crippen molar-refractivity contribution in [3.05, 3.63) is 94.8 Å². The molecule has 3 aromatic carbocycles. The van der Waals surface area contributed by atoms with Gasteiger partial charge in [0.25, 0.3) is 5.91 Å². The summed E-state index contributed by atoms with van der Waals surface area (Å²) in [6, 6.07) is 16.4. The predicted octanol–water partition coefficient (Wildman–Crippen LogP) is 3.45. The molecule has 0 radical (unpaired) electrons. The number of hydrogen-bond acceptors (Lipinski definition) is 4. The highest BCUT2D eigenvalue weighted by Gasteiger charge is 2.19. The summed E-state index contributed by atoms with van der Waals surface area (Å²) >= 11 is 0. The molecule has 0 aliphatic carbocycles. The molecule has 32 heavy (non-hydrogen) atoms. The largest absolute Gasteiger partial charge is 0.366 e. The molecule has 0 aromatic heterocycles. The molecule has 0 saturated carbocycles. The third-order valence-electron chi connectivity index (χ3n) is 4.90. The third kappa shape index (κ3) is 5.30. The van der Waals surface area contributed by atoms with Crippen LogP contribution in [-0.2, 0) is 16.6 Å². The molecule has 3 N–H and O–H groups in total. The number of carbonyl (C=O) groups excluding carboxylic acids is 2. The molecule has 3 aromatic rings. The van der Waals surface area contributed by atoms with Crippen molar-refractivity contribution in [2.75, 3.05) is 15.9 Å². The molecular formula is C23H22FN3O4S. The first-order valence-electron chi connectivity index (χ1n) is 9.59. The number of hydrogen-bond donors (Lipinski definition) is 2. The van der Waals surface area contributed by atoms with Crippen molar-refractivity contribution in [2.24, 2.45) is 5.73 Å². The van der Waals surface area contributed by atoms with Gasteiger partial charge in [-0.25, -0.2) is 12.8 Å². The van der Waals surface area contributed by atoms with Crippen molar-refractivity contribution in [1.82, 2.24) is 0 Å². The van der Waals surface area contributed by atoms with Crippen LogP contribution < -0.4 is 15.4 Å². The second-order valence-corrected chi connectivity index (χ2v) is 9.15. The molecule has 0 atom stereocenters. The van der Waals surface area contributed by atoms with E-state index in [9.17, 15) is 22.4 Å². The maximum absolute atomic E-state index is 13.2. The van der Waals surface area contributed by atoms with Gasteiger partial charge in [0.1, 0.15) is 5.82 Å². The van der Waals surface area contributed by atoms with E-state index in [1.807, 2.05) is 0 Å². The van der Waals surface area contributed by atoms with E-state index in [-0.39, 0.29) is 6.54 Å². The van der Waals surface area contributed by atoms with Crippen molar-refractivity contribution >= 4 is 33.2 Å². The Morgan fingerprint density at radius 3 is 2.19 bits per heavy atom. The van der Waals surface area contributed by atoms with Crippen LogP contribution in [0.4, 0.5) is 15.8 Å². The SMILES string of the molecule is Cc1c(NC(=O)c2ccc(N(Cc3ccc(F)cc3)S(C)(=O)=O)cc2)cccc1C(N)=O. The Morgan fingerprint density at radius 2 is 1.62 bits per heavy atom. The Hall–Kier alpha value is -3.72. The fourth-order valence-electron chi connectivity index (χ4n) is 3.17. The number of anilines is 2. The number of nitrogens with two attached hydrogens (primary N) is 1. The van der Waals surface area contributed by atoms with Gasteiger partial charge in [0.15, 0.2) is 0 Å². The summed E-state index contributed by atoms with van der Waals surface area (Å²) < 4.78 is 39.0. The number of nitrogens with zero attached hydrogens (tertiary/aromatic N) is 1. The van der Waals surface area contributed by atoms with Crippen LogP contribution >= 0.6 is 0 Å². The topological polar surface area (TPSA) is 110 Å². The lowest BCUT2D eigenvalue weighted by Gasteiger charge is -2.23. The molecule has 0 bridgehead atoms. The minimum atomic E-state index is -3.63. The highest BCUT2D eigenvalue weighted by molar-refractivity contribution is 7.92. The summed E-state index contributed by atoms with van der Waals surface area (Å²) in [6.07, 6.45) is 1.08. The minimum absolute atomic E-state index is 0.0176. The lowest BCUT2D eigenvalue weighted by atomic mass is 10.1. The Morgan fingerprint density at radius 1 is 1.00 bits per heavy atom.